The number of nitrogens with two attached hydrogens (primary N) is 3. The Balaban J connectivity index is -0.0000000374. The van der Waals surface area contributed by atoms with Gasteiger partial charge in [-0.05, 0) is 90.1 Å². The van der Waals surface area contributed by atoms with Crippen LogP contribution in [0.2, 0.25) is 0 Å². The molecule has 0 aromatic heterocycles. The molecule has 17 nitrogen and oxygen atoms in total. The molecule has 0 unspecified atom stereocenters. The zero-order valence-corrected chi connectivity index (χ0v) is 33.9. The van der Waals surface area contributed by atoms with Crippen LogP contribution in [0.4, 0.5) is 0 Å². The van der Waals surface area contributed by atoms with Gasteiger partial charge in [0.1, 0.15) is 17.3 Å². The van der Waals surface area contributed by atoms with E-state index >= 15 is 0 Å². The molecule has 0 spiro atoms. The van der Waals surface area contributed by atoms with Gasteiger partial charge in [0, 0.05) is 80.3 Å². The number of hydrazine groups is 3. The molecule has 0 aliphatic heterocycles. The summed E-state index contributed by atoms with van der Waals surface area (Å²) in [6, 6.07) is 0. The van der Waals surface area contributed by atoms with Gasteiger partial charge in [-0.15, -0.1) is 0 Å². The van der Waals surface area contributed by atoms with E-state index < -0.39 is 0 Å². The zero-order chi connectivity index (χ0) is 40.5. The van der Waals surface area contributed by atoms with E-state index in [0.29, 0.717) is 0 Å². The van der Waals surface area contributed by atoms with E-state index in [1.54, 1.807) is 40.2 Å². The third-order valence-corrected chi connectivity index (χ3v) is 2.04. The van der Waals surface area contributed by atoms with E-state index in [2.05, 4.69) is 32.0 Å². The monoisotopic (exact) mass is 715 g/mol. The molecular formula is C32H82N12O5. The van der Waals surface area contributed by atoms with Crippen LogP contribution in [0.1, 0.15) is 112 Å². The van der Waals surface area contributed by atoms with Crippen molar-refractivity contribution in [3.05, 3.63) is 0 Å². The first kappa shape index (κ1) is 75.6. The molecule has 49 heavy (non-hydrogen) atoms. The summed E-state index contributed by atoms with van der Waals surface area (Å²) in [7, 11) is 13.9. The minimum atomic E-state index is -0.130. The molecule has 0 rings (SSSR count). The number of amides is 2. The van der Waals surface area contributed by atoms with Gasteiger partial charge >= 0.3 is 0 Å². The quantitative estimate of drug-likeness (QED) is 0.123. The smallest absolute Gasteiger partial charge is 0.239 e. The summed E-state index contributed by atoms with van der Waals surface area (Å²) in [5.74, 6) is 14.8. The molecule has 0 aliphatic carbocycles. The van der Waals surface area contributed by atoms with E-state index in [1.807, 2.05) is 55.6 Å². The largest absolute Gasteiger partial charge is 0.313 e. The third-order valence-electron chi connectivity index (χ3n) is 2.04. The van der Waals surface area contributed by atoms with Crippen molar-refractivity contribution in [2.75, 3.05) is 56.4 Å². The molecule has 0 heterocycles. The minimum absolute atomic E-state index is 0. The van der Waals surface area contributed by atoms with Gasteiger partial charge < -0.3 is 24.8 Å². The Labute approximate surface area is 302 Å². The number of carbonyl (C=O) groups excluding carboxylic acids is 5. The number of ketones is 3. The van der Waals surface area contributed by atoms with Crippen LogP contribution >= 0.6 is 0 Å². The van der Waals surface area contributed by atoms with Crippen molar-refractivity contribution in [3.8, 4) is 0 Å². The van der Waals surface area contributed by atoms with Crippen LogP contribution in [0, 0.1) is 0 Å². The molecule has 0 aromatic carbocycles. The molecule has 0 aliphatic rings. The van der Waals surface area contributed by atoms with Gasteiger partial charge in [0.15, 0.2) is 0 Å². The first-order chi connectivity index (χ1) is 20.9. The summed E-state index contributed by atoms with van der Waals surface area (Å²) in [6.07, 6.45) is 0. The molecule has 2 amide bonds. The fourth-order valence-electron chi connectivity index (χ4n) is 0.994. The maximum atomic E-state index is 10.5. The van der Waals surface area contributed by atoms with Crippen LogP contribution < -0.4 is 28.4 Å². The van der Waals surface area contributed by atoms with Crippen molar-refractivity contribution in [1.82, 2.24) is 30.9 Å². The van der Waals surface area contributed by atoms with Crippen molar-refractivity contribution in [1.29, 1.82) is 0 Å². The Kier molecular flexibility index (Phi) is 92.2. The zero-order valence-electron chi connectivity index (χ0n) is 33.9. The highest BCUT2D eigenvalue weighted by atomic mass is 16.2. The van der Waals surface area contributed by atoms with Crippen LogP contribution in [-0.4, -0.2) is 123 Å². The van der Waals surface area contributed by atoms with E-state index in [0.717, 1.165) is 22.1 Å². The summed E-state index contributed by atoms with van der Waals surface area (Å²) in [6.45, 7) is 23.6. The molecule has 0 saturated heterocycles. The first-order valence-electron chi connectivity index (χ1n) is 14.3. The number of Topliss-reactive ketones (excluding diaryl/α,β-unsaturated/α-hetero) is 3. The fraction of sp³-hybridized carbons (Fsp3) is 0.750. The highest BCUT2D eigenvalue weighted by Gasteiger charge is 1.96. The number of rotatable bonds is 3. The third kappa shape index (κ3) is 337. The Morgan fingerprint density at radius 3 is 0.735 bits per heavy atom. The lowest BCUT2D eigenvalue weighted by Crippen LogP contribution is -2.30. The van der Waals surface area contributed by atoms with Crippen molar-refractivity contribution in [2.45, 2.75) is 112 Å². The summed E-state index contributed by atoms with van der Waals surface area (Å²) in [5.41, 5.74) is 7.93. The Hall–Kier alpha value is -3.64. The topological polar surface area (TPSA) is 238 Å². The van der Waals surface area contributed by atoms with Gasteiger partial charge in [-0.25, -0.2) is 10.9 Å². The number of hydrazone groups is 3. The lowest BCUT2D eigenvalue weighted by atomic mass is 10.5. The van der Waals surface area contributed by atoms with Crippen molar-refractivity contribution in [3.63, 3.8) is 0 Å². The fourth-order valence-corrected chi connectivity index (χ4v) is 0.994. The molecule has 0 radical (unpaired) electrons. The predicted octanol–water partition coefficient (Wildman–Crippen LogP) is 3.30. The van der Waals surface area contributed by atoms with Gasteiger partial charge in [-0.3, -0.25) is 36.7 Å². The Morgan fingerprint density at radius 1 is 0.510 bits per heavy atom. The predicted molar refractivity (Wildman–Crippen MR) is 214 cm³/mol. The maximum Gasteiger partial charge on any atom is 0.239 e. The lowest BCUT2D eigenvalue weighted by molar-refractivity contribution is -0.128. The number of nitrogens with zero attached hydrogens (tertiary/aromatic N) is 7. The Bertz CT molecular complexity index is 789. The molecule has 0 fully saturated rings. The van der Waals surface area contributed by atoms with Crippen molar-refractivity contribution >= 4 is 46.3 Å². The van der Waals surface area contributed by atoms with E-state index in [1.165, 1.54) is 72.5 Å². The first-order valence-corrected chi connectivity index (χ1v) is 14.3. The molecule has 0 bridgehead atoms. The summed E-state index contributed by atoms with van der Waals surface area (Å²) < 4.78 is 0. The lowest BCUT2D eigenvalue weighted by Gasteiger charge is -2.06. The summed E-state index contributed by atoms with van der Waals surface area (Å²) >= 11 is 0. The van der Waals surface area contributed by atoms with Crippen LogP contribution in [0.3, 0.4) is 0 Å². The average Bonchev–Trinajstić information content (AvgIpc) is 2.77. The summed E-state index contributed by atoms with van der Waals surface area (Å²) in [4.78, 5) is 48.8. The van der Waals surface area contributed by atoms with Crippen LogP contribution in [0.5, 0.6) is 0 Å². The van der Waals surface area contributed by atoms with Crippen LogP contribution in [0.15, 0.2) is 15.3 Å². The van der Waals surface area contributed by atoms with E-state index in [-0.39, 0.29) is 44.0 Å². The highest BCUT2D eigenvalue weighted by molar-refractivity contribution is 5.81. The number of nitrogens with one attached hydrogen (secondary N) is 2. The van der Waals surface area contributed by atoms with Gasteiger partial charge in [-0.1, -0.05) is 14.9 Å². The molecule has 8 N–H and O–H groups in total. The molecule has 300 valence electrons. The number of hydrogen-bond acceptors (Lipinski definition) is 15. The number of carbonyl (C=O) groups is 5. The van der Waals surface area contributed by atoms with Gasteiger partial charge in [0.2, 0.25) is 11.8 Å². The second kappa shape index (κ2) is 59.8. The minimum Gasteiger partial charge on any atom is -0.313 e. The SMILES string of the molecule is C.C.CC(=O)N(C)N.CC(=O)N(C)N=C(C)C.CC(C)=NN(C)C.CC(C)=O.CC(C)=O.CC(C)=O.CN(C)N.CNN.CNN=C(C)C. The molecule has 0 aromatic rings. The van der Waals surface area contributed by atoms with E-state index in [9.17, 15) is 24.0 Å². The molecular weight excluding hydrogens is 632 g/mol. The second-order valence-electron chi connectivity index (χ2n) is 10.4. The highest BCUT2D eigenvalue weighted by Crippen LogP contribution is 1.85. The van der Waals surface area contributed by atoms with E-state index in [4.69, 9.17) is 11.7 Å². The maximum absolute atomic E-state index is 10.5. The van der Waals surface area contributed by atoms with Crippen molar-refractivity contribution in [2.24, 2.45) is 32.8 Å². The molecule has 0 saturated carbocycles. The van der Waals surface area contributed by atoms with Crippen molar-refractivity contribution < 1.29 is 24.0 Å². The summed E-state index contributed by atoms with van der Waals surface area (Å²) in [5, 5.41) is 17.3. The van der Waals surface area contributed by atoms with Gasteiger partial charge in [0.05, 0.1) is 0 Å². The van der Waals surface area contributed by atoms with Crippen LogP contribution in [-0.2, 0) is 24.0 Å². The van der Waals surface area contributed by atoms with Crippen LogP contribution in [0.25, 0.3) is 0 Å². The standard InChI is InChI=1S/C6H12N2O.C5H12N2.C4H10N2.C3H8N2O.3C3H6O.C2H8N2.CH6N2.2CH4/c1-5(2)7-8(4)6(3)9;1-5(2)6-7(3)4;1-4(2)6-5-3;1-3(6)5(2)4;3*1-3(2)4;1-4(2)3;1-3-2;;/h1-4H3;1-4H3;5H,1-3H3;4H2,1-2H3;3*1-2H3;3H2,1-2H3;3H,2H2,1H3;2*1H4. The Morgan fingerprint density at radius 2 is 0.714 bits per heavy atom. The van der Waals surface area contributed by atoms with Gasteiger partial charge in [-0.2, -0.15) is 15.3 Å². The average molecular weight is 715 g/mol. The molecule has 0 atom stereocenters. The normalized spacial score (nSPS) is 7.22. The number of hydrogen-bond donors (Lipinski definition) is 5. The second-order valence-corrected chi connectivity index (χ2v) is 10.4. The van der Waals surface area contributed by atoms with Gasteiger partial charge in [0.25, 0.3) is 0 Å². The molecule has 17 heteroatoms.